The Morgan fingerprint density at radius 3 is 2.86 bits per heavy atom. The van der Waals surface area contributed by atoms with Gasteiger partial charge in [-0.15, -0.1) is 0 Å². The predicted molar refractivity (Wildman–Crippen MR) is 45.6 cm³/mol. The van der Waals surface area contributed by atoms with Crippen LogP contribution in [0, 0.1) is 0 Å². The minimum absolute atomic E-state index is 0.231. The van der Waals surface area contributed by atoms with Crippen LogP contribution in [0.3, 0.4) is 0 Å². The Kier molecular flexibility index (Phi) is 2.36. The monoisotopic (exact) mass is 220 g/mol. The lowest BCUT2D eigenvalue weighted by molar-refractivity contribution is -0.152. The molecule has 0 spiro atoms. The van der Waals surface area contributed by atoms with Crippen molar-refractivity contribution in [1.82, 2.24) is 0 Å². The van der Waals surface area contributed by atoms with Crippen molar-refractivity contribution in [2.45, 2.75) is 31.3 Å². The lowest BCUT2D eigenvalue weighted by atomic mass is 10.1. The maximum Gasteiger partial charge on any atom is 0.498 e. The molecule has 2 aliphatic rings. The molecule has 2 heterocycles. The van der Waals surface area contributed by atoms with Crippen LogP contribution in [0.2, 0.25) is 6.55 Å². The number of hydrogen-bond acceptors (Lipinski definition) is 5. The molecule has 80 valence electrons. The third kappa shape index (κ3) is 1.69. The van der Waals surface area contributed by atoms with Crippen LogP contribution in [0.15, 0.2) is 0 Å². The van der Waals surface area contributed by atoms with Gasteiger partial charge in [-0.25, -0.2) is 4.79 Å². The molecule has 7 heteroatoms. The highest BCUT2D eigenvalue weighted by molar-refractivity contribution is 6.60. The minimum atomic E-state index is -2.80. The van der Waals surface area contributed by atoms with Gasteiger partial charge in [0.15, 0.2) is 6.10 Å². The van der Waals surface area contributed by atoms with Crippen LogP contribution in [0.1, 0.15) is 6.42 Å². The summed E-state index contributed by atoms with van der Waals surface area (Å²) < 4.78 is 15.9. The molecule has 0 saturated carbocycles. The van der Waals surface area contributed by atoms with Crippen LogP contribution in [0.25, 0.3) is 0 Å². The van der Waals surface area contributed by atoms with Crippen molar-refractivity contribution in [3.63, 3.8) is 0 Å². The summed E-state index contributed by atoms with van der Waals surface area (Å²) in [7, 11) is -2.80. The van der Waals surface area contributed by atoms with Crippen molar-refractivity contribution >= 4 is 14.8 Å². The molecule has 0 aliphatic carbocycles. The van der Waals surface area contributed by atoms with Crippen molar-refractivity contribution in [3.8, 4) is 0 Å². The first-order chi connectivity index (χ1) is 6.50. The smallest absolute Gasteiger partial charge is 0.479 e. The summed E-state index contributed by atoms with van der Waals surface area (Å²) in [5.41, 5.74) is 0. The van der Waals surface area contributed by atoms with E-state index in [2.05, 4.69) is 0 Å². The number of aliphatic hydroxyl groups is 1. The fourth-order valence-corrected chi connectivity index (χ4v) is 3.88. The molecule has 2 rings (SSSR count). The van der Waals surface area contributed by atoms with E-state index in [-0.39, 0.29) is 12.5 Å². The van der Waals surface area contributed by atoms with Gasteiger partial charge >= 0.3 is 14.8 Å². The van der Waals surface area contributed by atoms with E-state index >= 15 is 0 Å². The van der Waals surface area contributed by atoms with Crippen LogP contribution in [-0.2, 0) is 18.1 Å². The molecular weight excluding hydrogens is 208 g/mol. The van der Waals surface area contributed by atoms with Crippen LogP contribution in [0.5, 0.6) is 0 Å². The largest absolute Gasteiger partial charge is 0.498 e. The zero-order valence-electron chi connectivity index (χ0n) is 7.67. The predicted octanol–water partition coefficient (Wildman–Crippen LogP) is -0.795. The Labute approximate surface area is 81.8 Å². The van der Waals surface area contributed by atoms with E-state index in [4.69, 9.17) is 18.4 Å². The summed E-state index contributed by atoms with van der Waals surface area (Å²) in [5, 5.41) is 18.3. The molecule has 2 fully saturated rings. The molecule has 0 aromatic carbocycles. The minimum Gasteiger partial charge on any atom is -0.479 e. The van der Waals surface area contributed by atoms with Gasteiger partial charge in [0.1, 0.15) is 0 Å². The summed E-state index contributed by atoms with van der Waals surface area (Å²) in [6.07, 6.45) is -2.22. The van der Waals surface area contributed by atoms with Gasteiger partial charge in [-0.2, -0.15) is 0 Å². The molecule has 4 atom stereocenters. The average molecular weight is 220 g/mol. The Morgan fingerprint density at radius 2 is 2.21 bits per heavy atom. The normalized spacial score (nSPS) is 47.4. The Bertz CT molecular complexity index is 259. The number of aliphatic carboxylic acids is 1. The SMILES string of the molecule is C[Si]12OCC(CC(O)C(C(=O)O)O1)O2. The van der Waals surface area contributed by atoms with E-state index in [0.717, 1.165) is 0 Å². The lowest BCUT2D eigenvalue weighted by Gasteiger charge is -2.24. The summed E-state index contributed by atoms with van der Waals surface area (Å²) in [6, 6.07) is 0. The van der Waals surface area contributed by atoms with Gasteiger partial charge < -0.3 is 23.5 Å². The van der Waals surface area contributed by atoms with Crippen LogP contribution in [0.4, 0.5) is 0 Å². The number of carbonyl (C=O) groups is 1. The van der Waals surface area contributed by atoms with E-state index in [1.54, 1.807) is 6.55 Å². The standard InChI is InChI=1S/C7H12O6Si/c1-14-11-3-4(12-14)2-5(8)6(13-14)7(9)10/h4-6,8H,2-3H2,1H3,(H,9,10). The molecule has 0 aromatic heterocycles. The van der Waals surface area contributed by atoms with Crippen molar-refractivity contribution in [2.24, 2.45) is 0 Å². The maximum atomic E-state index is 10.8. The zero-order valence-corrected chi connectivity index (χ0v) is 8.67. The van der Waals surface area contributed by atoms with E-state index in [9.17, 15) is 9.90 Å². The molecule has 2 bridgehead atoms. The quantitative estimate of drug-likeness (QED) is 0.563. The molecule has 0 radical (unpaired) electrons. The second-order valence-electron chi connectivity index (χ2n) is 3.59. The first kappa shape index (κ1) is 10.1. The average Bonchev–Trinajstić information content (AvgIpc) is 2.36. The molecule has 2 saturated heterocycles. The Hall–Kier alpha value is -0.473. The third-order valence-electron chi connectivity index (χ3n) is 2.35. The molecule has 6 nitrogen and oxygen atoms in total. The highest BCUT2D eigenvalue weighted by Gasteiger charge is 2.52. The Morgan fingerprint density at radius 1 is 1.50 bits per heavy atom. The molecular formula is C7H12O6Si. The van der Waals surface area contributed by atoms with Gasteiger partial charge in [-0.05, 0) is 0 Å². The number of hydrogen-bond donors (Lipinski definition) is 2. The number of fused-ring (bicyclic) bond motifs is 2. The van der Waals surface area contributed by atoms with Crippen molar-refractivity contribution in [2.75, 3.05) is 6.61 Å². The van der Waals surface area contributed by atoms with Crippen LogP contribution >= 0.6 is 0 Å². The topological polar surface area (TPSA) is 85.2 Å². The second-order valence-corrected chi connectivity index (χ2v) is 6.08. The fourth-order valence-electron chi connectivity index (χ4n) is 1.71. The molecule has 0 aromatic rings. The van der Waals surface area contributed by atoms with Gasteiger partial charge in [0.2, 0.25) is 0 Å². The van der Waals surface area contributed by atoms with Crippen LogP contribution < -0.4 is 0 Å². The molecule has 0 amide bonds. The number of aliphatic hydroxyl groups excluding tert-OH is 1. The first-order valence-electron chi connectivity index (χ1n) is 4.41. The summed E-state index contributed by atoms with van der Waals surface area (Å²) in [5.74, 6) is -1.18. The summed E-state index contributed by atoms with van der Waals surface area (Å²) in [6.45, 7) is 2.02. The second kappa shape index (κ2) is 3.28. The molecule has 14 heavy (non-hydrogen) atoms. The highest BCUT2D eigenvalue weighted by Crippen LogP contribution is 2.30. The third-order valence-corrected chi connectivity index (χ3v) is 4.49. The summed E-state index contributed by atoms with van der Waals surface area (Å²) in [4.78, 5) is 10.8. The number of carboxylic acid groups (broad SMARTS) is 1. The van der Waals surface area contributed by atoms with Gasteiger partial charge in [-0.1, -0.05) is 0 Å². The van der Waals surface area contributed by atoms with Crippen LogP contribution in [-0.4, -0.2) is 49.9 Å². The highest BCUT2D eigenvalue weighted by atomic mass is 28.4. The van der Waals surface area contributed by atoms with Gasteiger partial charge in [0, 0.05) is 13.0 Å². The van der Waals surface area contributed by atoms with E-state index in [0.29, 0.717) is 6.61 Å². The lowest BCUT2D eigenvalue weighted by Crippen LogP contribution is -2.46. The fraction of sp³-hybridized carbons (Fsp3) is 0.857. The van der Waals surface area contributed by atoms with Crippen molar-refractivity contribution in [1.29, 1.82) is 0 Å². The van der Waals surface area contributed by atoms with Gasteiger partial charge in [0.05, 0.1) is 18.8 Å². The van der Waals surface area contributed by atoms with E-state index in [1.165, 1.54) is 0 Å². The van der Waals surface area contributed by atoms with Gasteiger partial charge in [0.25, 0.3) is 0 Å². The summed E-state index contributed by atoms with van der Waals surface area (Å²) >= 11 is 0. The number of carboxylic acids is 1. The maximum absolute atomic E-state index is 10.8. The molecule has 2 N–H and O–H groups in total. The van der Waals surface area contributed by atoms with E-state index in [1.807, 2.05) is 0 Å². The first-order valence-corrected chi connectivity index (χ1v) is 6.63. The van der Waals surface area contributed by atoms with Crippen molar-refractivity contribution in [3.05, 3.63) is 0 Å². The van der Waals surface area contributed by atoms with E-state index < -0.39 is 27.0 Å². The molecule has 4 unspecified atom stereocenters. The Balaban J connectivity index is 2.18. The molecule has 2 aliphatic heterocycles. The van der Waals surface area contributed by atoms with Crippen molar-refractivity contribution < 1.29 is 28.3 Å². The van der Waals surface area contributed by atoms with Gasteiger partial charge in [-0.3, -0.25) is 0 Å². The zero-order chi connectivity index (χ0) is 10.3. The number of rotatable bonds is 1.